The molecule has 0 fully saturated rings. The van der Waals surface area contributed by atoms with Crippen LogP contribution < -0.4 is 4.74 Å². The van der Waals surface area contributed by atoms with E-state index in [0.29, 0.717) is 12.0 Å². The van der Waals surface area contributed by atoms with Crippen molar-refractivity contribution >= 4 is 5.97 Å². The predicted molar refractivity (Wildman–Crippen MR) is 77.9 cm³/mol. The van der Waals surface area contributed by atoms with Crippen LogP contribution in [0.15, 0.2) is 48.5 Å². The predicted octanol–water partition coefficient (Wildman–Crippen LogP) is 3.32. The number of hydrogen-bond acceptors (Lipinski definition) is 2. The van der Waals surface area contributed by atoms with E-state index in [-0.39, 0.29) is 12.2 Å². The monoisotopic (exact) mass is 288 g/mol. The van der Waals surface area contributed by atoms with Gasteiger partial charge in [-0.25, -0.2) is 4.39 Å². The molecule has 0 saturated heterocycles. The summed E-state index contributed by atoms with van der Waals surface area (Å²) in [5.41, 5.74) is 1.28. The molecule has 1 N–H and O–H groups in total. The summed E-state index contributed by atoms with van der Waals surface area (Å²) in [6.07, 6.45) is 0.500. The molecule has 0 aliphatic rings. The summed E-state index contributed by atoms with van der Waals surface area (Å²) in [5, 5.41) is 9.36. The Bertz CT molecular complexity index is 611. The fraction of sp³-hybridized carbons (Fsp3) is 0.235. The first-order valence-electron chi connectivity index (χ1n) is 6.70. The Morgan fingerprint density at radius 2 is 1.86 bits per heavy atom. The lowest BCUT2D eigenvalue weighted by Gasteiger charge is -2.14. The highest BCUT2D eigenvalue weighted by molar-refractivity contribution is 5.71. The van der Waals surface area contributed by atoms with Crippen molar-refractivity contribution in [3.8, 4) is 5.75 Å². The van der Waals surface area contributed by atoms with Gasteiger partial charge >= 0.3 is 5.97 Å². The molecular formula is C17H17FO3. The number of benzene rings is 2. The van der Waals surface area contributed by atoms with Gasteiger partial charge in [0, 0.05) is 0 Å². The maximum atomic E-state index is 14.1. The summed E-state index contributed by atoms with van der Waals surface area (Å²) in [6, 6.07) is 14.1. The van der Waals surface area contributed by atoms with Gasteiger partial charge in [-0.1, -0.05) is 42.5 Å². The molecule has 0 amide bonds. The van der Waals surface area contributed by atoms with Gasteiger partial charge in [-0.3, -0.25) is 4.79 Å². The minimum atomic E-state index is -0.930. The van der Waals surface area contributed by atoms with Crippen molar-refractivity contribution < 1.29 is 19.0 Å². The van der Waals surface area contributed by atoms with E-state index in [9.17, 15) is 14.3 Å². The Labute approximate surface area is 123 Å². The van der Waals surface area contributed by atoms with Gasteiger partial charge in [0.15, 0.2) is 11.6 Å². The van der Waals surface area contributed by atoms with Crippen LogP contribution in [0.25, 0.3) is 0 Å². The second-order valence-electron chi connectivity index (χ2n) is 4.86. The van der Waals surface area contributed by atoms with Crippen molar-refractivity contribution in [3.05, 3.63) is 65.5 Å². The molecule has 0 saturated carbocycles. The first-order chi connectivity index (χ1) is 10.1. The first kappa shape index (κ1) is 15.0. The molecule has 0 bridgehead atoms. The van der Waals surface area contributed by atoms with Crippen molar-refractivity contribution in [2.24, 2.45) is 5.92 Å². The maximum absolute atomic E-state index is 14.1. The number of carbonyl (C=O) groups is 1. The van der Waals surface area contributed by atoms with Gasteiger partial charge in [-0.2, -0.15) is 0 Å². The molecule has 0 heterocycles. The Balaban J connectivity index is 2.19. The molecule has 0 aliphatic heterocycles. The molecule has 1 unspecified atom stereocenters. The lowest BCUT2D eigenvalue weighted by atomic mass is 9.92. The van der Waals surface area contributed by atoms with E-state index < -0.39 is 17.7 Å². The minimum Gasteiger partial charge on any atom is -0.494 e. The van der Waals surface area contributed by atoms with Gasteiger partial charge < -0.3 is 9.84 Å². The van der Waals surface area contributed by atoms with Crippen molar-refractivity contribution in [1.82, 2.24) is 0 Å². The SMILES string of the molecule is COc1cccc(CC(Cc2ccccc2)C(=O)O)c1F. The van der Waals surface area contributed by atoms with E-state index in [1.165, 1.54) is 13.2 Å². The van der Waals surface area contributed by atoms with E-state index in [1.807, 2.05) is 30.3 Å². The molecular weight excluding hydrogens is 271 g/mol. The highest BCUT2D eigenvalue weighted by Crippen LogP contribution is 2.23. The Morgan fingerprint density at radius 3 is 2.48 bits per heavy atom. The average molecular weight is 288 g/mol. The topological polar surface area (TPSA) is 46.5 Å². The van der Waals surface area contributed by atoms with Crippen LogP contribution in [0, 0.1) is 11.7 Å². The molecule has 0 spiro atoms. The molecule has 2 aromatic carbocycles. The molecule has 3 nitrogen and oxygen atoms in total. The number of hydrogen-bond donors (Lipinski definition) is 1. The van der Waals surface area contributed by atoms with Gasteiger partial charge in [0.05, 0.1) is 13.0 Å². The molecule has 0 aromatic heterocycles. The zero-order valence-electron chi connectivity index (χ0n) is 11.8. The third-order valence-electron chi connectivity index (χ3n) is 3.40. The smallest absolute Gasteiger partial charge is 0.307 e. The highest BCUT2D eigenvalue weighted by atomic mass is 19.1. The Hall–Kier alpha value is -2.36. The zero-order valence-corrected chi connectivity index (χ0v) is 11.8. The van der Waals surface area contributed by atoms with E-state index in [1.54, 1.807) is 12.1 Å². The zero-order chi connectivity index (χ0) is 15.2. The van der Waals surface area contributed by atoms with Crippen LogP contribution in [0.3, 0.4) is 0 Å². The Kier molecular flexibility index (Phi) is 4.93. The van der Waals surface area contributed by atoms with Gasteiger partial charge in [0.2, 0.25) is 0 Å². The van der Waals surface area contributed by atoms with Gasteiger partial charge in [-0.05, 0) is 30.0 Å². The maximum Gasteiger partial charge on any atom is 0.307 e. The summed E-state index contributed by atoms with van der Waals surface area (Å²) in [4.78, 5) is 11.4. The highest BCUT2D eigenvalue weighted by Gasteiger charge is 2.21. The van der Waals surface area contributed by atoms with E-state index in [2.05, 4.69) is 0 Å². The number of rotatable bonds is 6. The Morgan fingerprint density at radius 1 is 1.14 bits per heavy atom. The van der Waals surface area contributed by atoms with Crippen molar-refractivity contribution in [1.29, 1.82) is 0 Å². The fourth-order valence-electron chi connectivity index (χ4n) is 2.28. The summed E-state index contributed by atoms with van der Waals surface area (Å²) < 4.78 is 19.0. The number of halogens is 1. The lowest BCUT2D eigenvalue weighted by molar-refractivity contribution is -0.141. The summed E-state index contributed by atoms with van der Waals surface area (Å²) in [6.45, 7) is 0. The molecule has 110 valence electrons. The largest absolute Gasteiger partial charge is 0.494 e. The van der Waals surface area contributed by atoms with Crippen molar-refractivity contribution in [2.75, 3.05) is 7.11 Å². The van der Waals surface area contributed by atoms with Gasteiger partial charge in [-0.15, -0.1) is 0 Å². The summed E-state index contributed by atoms with van der Waals surface area (Å²) in [5.74, 6) is -1.95. The lowest BCUT2D eigenvalue weighted by Crippen LogP contribution is -2.19. The van der Waals surface area contributed by atoms with Crippen LogP contribution in [0.4, 0.5) is 4.39 Å². The van der Waals surface area contributed by atoms with Crippen LogP contribution >= 0.6 is 0 Å². The number of ether oxygens (including phenoxy) is 1. The molecule has 0 radical (unpaired) electrons. The first-order valence-corrected chi connectivity index (χ1v) is 6.70. The van der Waals surface area contributed by atoms with E-state index in [4.69, 9.17) is 4.74 Å². The van der Waals surface area contributed by atoms with Crippen molar-refractivity contribution in [2.45, 2.75) is 12.8 Å². The van der Waals surface area contributed by atoms with Crippen LogP contribution in [-0.4, -0.2) is 18.2 Å². The number of aliphatic carboxylic acids is 1. The number of methoxy groups -OCH3 is 1. The van der Waals surface area contributed by atoms with Crippen LogP contribution in [0.2, 0.25) is 0 Å². The third-order valence-corrected chi connectivity index (χ3v) is 3.40. The standard InChI is InChI=1S/C17H17FO3/c1-21-15-9-5-8-13(16(15)18)11-14(17(19)20)10-12-6-3-2-4-7-12/h2-9,14H,10-11H2,1H3,(H,19,20). The minimum absolute atomic E-state index is 0.132. The van der Waals surface area contributed by atoms with E-state index in [0.717, 1.165) is 5.56 Å². The number of carboxylic acid groups (broad SMARTS) is 1. The summed E-state index contributed by atoms with van der Waals surface area (Å²) in [7, 11) is 1.39. The second-order valence-corrected chi connectivity index (χ2v) is 4.86. The van der Waals surface area contributed by atoms with Crippen LogP contribution in [0.5, 0.6) is 5.75 Å². The van der Waals surface area contributed by atoms with Gasteiger partial charge in [0.25, 0.3) is 0 Å². The molecule has 2 aromatic rings. The number of carboxylic acids is 1. The fourth-order valence-corrected chi connectivity index (χ4v) is 2.28. The molecule has 4 heteroatoms. The van der Waals surface area contributed by atoms with Crippen LogP contribution in [0.1, 0.15) is 11.1 Å². The average Bonchev–Trinajstić information content (AvgIpc) is 2.49. The quantitative estimate of drug-likeness (QED) is 0.887. The molecule has 2 rings (SSSR count). The van der Waals surface area contributed by atoms with Crippen LogP contribution in [-0.2, 0) is 17.6 Å². The molecule has 0 aliphatic carbocycles. The second kappa shape index (κ2) is 6.88. The van der Waals surface area contributed by atoms with Crippen molar-refractivity contribution in [3.63, 3.8) is 0 Å². The normalized spacial score (nSPS) is 11.9. The third kappa shape index (κ3) is 3.81. The molecule has 1 atom stereocenters. The molecule has 21 heavy (non-hydrogen) atoms. The van der Waals surface area contributed by atoms with E-state index >= 15 is 0 Å². The summed E-state index contributed by atoms with van der Waals surface area (Å²) >= 11 is 0. The van der Waals surface area contributed by atoms with Gasteiger partial charge in [0.1, 0.15) is 0 Å².